The SMILES string of the molecule is CCC1COCCN1N. The summed E-state index contributed by atoms with van der Waals surface area (Å²) in [5.74, 6) is 5.64. The molecule has 3 nitrogen and oxygen atoms in total. The lowest BCUT2D eigenvalue weighted by Crippen LogP contribution is -2.49. The maximum absolute atomic E-state index is 5.64. The van der Waals surface area contributed by atoms with Crippen LogP contribution >= 0.6 is 0 Å². The molecule has 0 bridgehead atoms. The Morgan fingerprint density at radius 2 is 2.56 bits per heavy atom. The summed E-state index contributed by atoms with van der Waals surface area (Å²) in [6.45, 7) is 4.58. The predicted molar refractivity (Wildman–Crippen MR) is 35.8 cm³/mol. The second-order valence-corrected chi connectivity index (χ2v) is 2.37. The van der Waals surface area contributed by atoms with Gasteiger partial charge in [0.1, 0.15) is 0 Å². The van der Waals surface area contributed by atoms with Crippen LogP contribution in [0.2, 0.25) is 0 Å². The minimum absolute atomic E-state index is 0.443. The Morgan fingerprint density at radius 1 is 1.78 bits per heavy atom. The molecule has 0 aliphatic carbocycles. The van der Waals surface area contributed by atoms with Crippen molar-refractivity contribution in [3.63, 3.8) is 0 Å². The Labute approximate surface area is 55.7 Å². The van der Waals surface area contributed by atoms with E-state index in [1.54, 1.807) is 0 Å². The van der Waals surface area contributed by atoms with E-state index in [1.165, 1.54) is 0 Å². The molecule has 3 heteroatoms. The molecule has 1 atom stereocenters. The third-order valence-electron chi connectivity index (χ3n) is 1.74. The van der Waals surface area contributed by atoms with Crippen molar-refractivity contribution >= 4 is 0 Å². The van der Waals surface area contributed by atoms with Crippen molar-refractivity contribution in [1.82, 2.24) is 5.01 Å². The normalized spacial score (nSPS) is 30.7. The summed E-state index contributed by atoms with van der Waals surface area (Å²) in [5, 5.41) is 1.86. The fourth-order valence-electron chi connectivity index (χ4n) is 1.02. The number of hydrogen-bond acceptors (Lipinski definition) is 3. The van der Waals surface area contributed by atoms with Crippen LogP contribution in [0.5, 0.6) is 0 Å². The van der Waals surface area contributed by atoms with Crippen molar-refractivity contribution in [2.45, 2.75) is 19.4 Å². The maximum atomic E-state index is 5.64. The number of morpholine rings is 1. The van der Waals surface area contributed by atoms with Gasteiger partial charge in [0.2, 0.25) is 0 Å². The summed E-state index contributed by atoms with van der Waals surface area (Å²) in [7, 11) is 0. The molecule has 1 unspecified atom stereocenters. The molecule has 2 N–H and O–H groups in total. The number of nitrogens with two attached hydrogens (primary N) is 1. The molecular weight excluding hydrogens is 116 g/mol. The zero-order chi connectivity index (χ0) is 6.69. The molecule has 0 aromatic carbocycles. The first kappa shape index (κ1) is 6.99. The number of hydrazine groups is 1. The van der Waals surface area contributed by atoms with Crippen LogP contribution in [0.4, 0.5) is 0 Å². The highest BCUT2D eigenvalue weighted by Crippen LogP contribution is 2.04. The van der Waals surface area contributed by atoms with Gasteiger partial charge in [-0.3, -0.25) is 5.84 Å². The van der Waals surface area contributed by atoms with Gasteiger partial charge in [0.05, 0.1) is 13.2 Å². The van der Waals surface area contributed by atoms with Crippen LogP contribution in [0.25, 0.3) is 0 Å². The first-order valence-corrected chi connectivity index (χ1v) is 3.43. The van der Waals surface area contributed by atoms with Crippen molar-refractivity contribution in [3.8, 4) is 0 Å². The molecule has 1 heterocycles. The van der Waals surface area contributed by atoms with Crippen LogP contribution in [-0.2, 0) is 4.74 Å². The van der Waals surface area contributed by atoms with E-state index < -0.39 is 0 Å². The second kappa shape index (κ2) is 3.15. The highest BCUT2D eigenvalue weighted by molar-refractivity contribution is 4.67. The standard InChI is InChI=1S/C6H14N2O/c1-2-6-5-9-4-3-8(6)7/h6H,2-5,7H2,1H3. The van der Waals surface area contributed by atoms with E-state index in [4.69, 9.17) is 10.6 Å². The first-order chi connectivity index (χ1) is 4.34. The fraction of sp³-hybridized carbons (Fsp3) is 1.00. The summed E-state index contributed by atoms with van der Waals surface area (Å²) in [4.78, 5) is 0. The summed E-state index contributed by atoms with van der Waals surface area (Å²) >= 11 is 0. The van der Waals surface area contributed by atoms with Crippen molar-refractivity contribution < 1.29 is 4.74 Å². The Kier molecular flexibility index (Phi) is 2.45. The van der Waals surface area contributed by atoms with Gasteiger partial charge >= 0.3 is 0 Å². The van der Waals surface area contributed by atoms with Gasteiger partial charge in [-0.1, -0.05) is 6.92 Å². The molecule has 0 aromatic heterocycles. The van der Waals surface area contributed by atoms with Crippen LogP contribution in [0.15, 0.2) is 0 Å². The summed E-state index contributed by atoms with van der Waals surface area (Å²) in [6.07, 6.45) is 1.08. The van der Waals surface area contributed by atoms with Gasteiger partial charge in [-0.05, 0) is 6.42 Å². The lowest BCUT2D eigenvalue weighted by atomic mass is 10.2. The monoisotopic (exact) mass is 130 g/mol. The van der Waals surface area contributed by atoms with Crippen molar-refractivity contribution in [3.05, 3.63) is 0 Å². The van der Waals surface area contributed by atoms with Crippen LogP contribution in [0, 0.1) is 0 Å². The number of nitrogens with zero attached hydrogens (tertiary/aromatic N) is 1. The third-order valence-corrected chi connectivity index (χ3v) is 1.74. The predicted octanol–water partition coefficient (Wildman–Crippen LogP) is -0.0291. The molecule has 0 radical (unpaired) electrons. The molecule has 1 saturated heterocycles. The highest BCUT2D eigenvalue weighted by atomic mass is 16.5. The smallest absolute Gasteiger partial charge is 0.0636 e. The molecule has 1 fully saturated rings. The number of rotatable bonds is 1. The van der Waals surface area contributed by atoms with Crippen molar-refractivity contribution in [1.29, 1.82) is 0 Å². The molecular formula is C6H14N2O. The molecule has 0 amide bonds. The van der Waals surface area contributed by atoms with Crippen LogP contribution in [0.1, 0.15) is 13.3 Å². The van der Waals surface area contributed by atoms with Gasteiger partial charge in [0.15, 0.2) is 0 Å². The van der Waals surface area contributed by atoms with E-state index in [1.807, 2.05) is 5.01 Å². The van der Waals surface area contributed by atoms with Gasteiger partial charge in [-0.25, -0.2) is 5.01 Å². The number of hydrogen-bond donors (Lipinski definition) is 1. The lowest BCUT2D eigenvalue weighted by Gasteiger charge is -2.30. The largest absolute Gasteiger partial charge is 0.378 e. The molecule has 0 saturated carbocycles. The zero-order valence-electron chi connectivity index (χ0n) is 5.84. The minimum Gasteiger partial charge on any atom is -0.378 e. The summed E-state index contributed by atoms with van der Waals surface area (Å²) in [6, 6.07) is 0.443. The Hall–Kier alpha value is -0.120. The lowest BCUT2D eigenvalue weighted by molar-refractivity contribution is -0.00901. The van der Waals surface area contributed by atoms with Crippen LogP contribution in [0.3, 0.4) is 0 Å². The Bertz CT molecular complexity index is 87.1. The first-order valence-electron chi connectivity index (χ1n) is 3.43. The Balaban J connectivity index is 2.30. The van der Waals surface area contributed by atoms with Gasteiger partial charge in [-0.15, -0.1) is 0 Å². The topological polar surface area (TPSA) is 38.5 Å². The highest BCUT2D eigenvalue weighted by Gasteiger charge is 2.17. The molecule has 54 valence electrons. The van der Waals surface area contributed by atoms with E-state index in [0.717, 1.165) is 26.2 Å². The average Bonchev–Trinajstić information content (AvgIpc) is 1.89. The molecule has 1 aliphatic rings. The zero-order valence-corrected chi connectivity index (χ0v) is 5.84. The Morgan fingerprint density at radius 3 is 3.00 bits per heavy atom. The van der Waals surface area contributed by atoms with Crippen LogP contribution in [-0.4, -0.2) is 30.8 Å². The van der Waals surface area contributed by atoms with E-state index >= 15 is 0 Å². The molecule has 9 heavy (non-hydrogen) atoms. The van der Waals surface area contributed by atoms with E-state index in [2.05, 4.69) is 6.92 Å². The second-order valence-electron chi connectivity index (χ2n) is 2.37. The van der Waals surface area contributed by atoms with Crippen molar-refractivity contribution in [2.75, 3.05) is 19.8 Å². The average molecular weight is 130 g/mol. The van der Waals surface area contributed by atoms with Crippen LogP contribution < -0.4 is 5.84 Å². The van der Waals surface area contributed by atoms with Gasteiger partial charge in [0.25, 0.3) is 0 Å². The quantitative estimate of drug-likeness (QED) is 0.507. The summed E-state index contributed by atoms with van der Waals surface area (Å²) in [5.41, 5.74) is 0. The summed E-state index contributed by atoms with van der Waals surface area (Å²) < 4.78 is 5.22. The van der Waals surface area contributed by atoms with Gasteiger partial charge < -0.3 is 4.74 Å². The van der Waals surface area contributed by atoms with Gasteiger partial charge in [-0.2, -0.15) is 0 Å². The van der Waals surface area contributed by atoms with Crippen molar-refractivity contribution in [2.24, 2.45) is 5.84 Å². The molecule has 1 aliphatic heterocycles. The maximum Gasteiger partial charge on any atom is 0.0636 e. The molecule has 1 rings (SSSR count). The fourth-order valence-corrected chi connectivity index (χ4v) is 1.02. The molecule has 0 spiro atoms. The van der Waals surface area contributed by atoms with E-state index in [0.29, 0.717) is 6.04 Å². The molecule has 0 aromatic rings. The van der Waals surface area contributed by atoms with E-state index in [-0.39, 0.29) is 0 Å². The number of ether oxygens (including phenoxy) is 1. The third kappa shape index (κ3) is 1.64. The van der Waals surface area contributed by atoms with E-state index in [9.17, 15) is 0 Å². The minimum atomic E-state index is 0.443. The van der Waals surface area contributed by atoms with Gasteiger partial charge in [0, 0.05) is 12.6 Å².